The van der Waals surface area contributed by atoms with E-state index in [-0.39, 0.29) is 5.91 Å². The first kappa shape index (κ1) is 15.1. The zero-order valence-electron chi connectivity index (χ0n) is 12.7. The molecule has 0 saturated carbocycles. The van der Waals surface area contributed by atoms with Gasteiger partial charge in [-0.15, -0.1) is 0 Å². The summed E-state index contributed by atoms with van der Waals surface area (Å²) in [6, 6.07) is 14.3. The van der Waals surface area contributed by atoms with Crippen LogP contribution in [0.25, 0.3) is 0 Å². The highest BCUT2D eigenvalue weighted by Gasteiger charge is 2.21. The lowest BCUT2D eigenvalue weighted by Gasteiger charge is -2.17. The normalized spacial score (nSPS) is 12.0. The van der Waals surface area contributed by atoms with E-state index in [4.69, 9.17) is 8.94 Å². The third-order valence-corrected chi connectivity index (χ3v) is 3.33. The number of furan rings is 1. The summed E-state index contributed by atoms with van der Waals surface area (Å²) in [7, 11) is 0. The number of aryl methyl sites for hydroxylation is 1. The molecule has 0 fully saturated rings. The molecular formula is C17H17N3O3. The molecule has 0 saturated heterocycles. The molecule has 1 unspecified atom stereocenters. The van der Waals surface area contributed by atoms with Crippen molar-refractivity contribution in [2.75, 3.05) is 5.32 Å². The van der Waals surface area contributed by atoms with E-state index in [1.807, 2.05) is 42.5 Å². The summed E-state index contributed by atoms with van der Waals surface area (Å²) in [6.07, 6.45) is 1.60. The average Bonchev–Trinajstić information content (AvgIpc) is 3.20. The molecule has 2 N–H and O–H groups in total. The van der Waals surface area contributed by atoms with E-state index >= 15 is 0 Å². The molecule has 0 aliphatic carbocycles. The molecule has 0 aliphatic rings. The predicted octanol–water partition coefficient (Wildman–Crippen LogP) is 3.05. The van der Waals surface area contributed by atoms with Gasteiger partial charge in [0, 0.05) is 6.07 Å². The van der Waals surface area contributed by atoms with Gasteiger partial charge in [-0.25, -0.2) is 0 Å². The highest BCUT2D eigenvalue weighted by Crippen LogP contribution is 2.17. The van der Waals surface area contributed by atoms with Crippen LogP contribution in [0.5, 0.6) is 0 Å². The van der Waals surface area contributed by atoms with E-state index in [1.165, 1.54) is 0 Å². The van der Waals surface area contributed by atoms with E-state index in [0.717, 1.165) is 11.3 Å². The molecule has 0 bridgehead atoms. The van der Waals surface area contributed by atoms with Crippen molar-refractivity contribution in [3.8, 4) is 0 Å². The Labute approximate surface area is 133 Å². The average molecular weight is 311 g/mol. The number of nitrogens with one attached hydrogen (secondary N) is 2. The lowest BCUT2D eigenvalue weighted by atomic mass is 10.1. The Hall–Kier alpha value is -2.86. The number of benzene rings is 1. The van der Waals surface area contributed by atoms with Crippen LogP contribution in [0.4, 0.5) is 5.82 Å². The maximum atomic E-state index is 12.6. The van der Waals surface area contributed by atoms with E-state index < -0.39 is 6.04 Å². The topological polar surface area (TPSA) is 80.3 Å². The summed E-state index contributed by atoms with van der Waals surface area (Å²) in [5.74, 6) is 1.58. The molecule has 1 aromatic carbocycles. The van der Waals surface area contributed by atoms with Crippen molar-refractivity contribution < 1.29 is 13.7 Å². The molecule has 23 heavy (non-hydrogen) atoms. The van der Waals surface area contributed by atoms with E-state index in [9.17, 15) is 4.79 Å². The zero-order chi connectivity index (χ0) is 16.1. The van der Waals surface area contributed by atoms with Crippen LogP contribution in [-0.4, -0.2) is 11.1 Å². The fourth-order valence-corrected chi connectivity index (χ4v) is 2.25. The van der Waals surface area contributed by atoms with Crippen LogP contribution >= 0.6 is 0 Å². The number of amides is 1. The predicted molar refractivity (Wildman–Crippen MR) is 84.6 cm³/mol. The lowest BCUT2D eigenvalue weighted by Crippen LogP contribution is -2.32. The van der Waals surface area contributed by atoms with Crippen LogP contribution in [0.15, 0.2) is 63.7 Å². The number of carbonyl (C=O) groups is 1. The van der Waals surface area contributed by atoms with Crippen LogP contribution in [-0.2, 0) is 11.3 Å². The number of aromatic nitrogens is 1. The van der Waals surface area contributed by atoms with Crippen molar-refractivity contribution >= 4 is 11.7 Å². The molecule has 3 rings (SSSR count). The van der Waals surface area contributed by atoms with Crippen molar-refractivity contribution in [3.05, 3.63) is 71.9 Å². The molecule has 2 aromatic heterocycles. The second-order valence-corrected chi connectivity index (χ2v) is 5.12. The Morgan fingerprint density at radius 1 is 1.22 bits per heavy atom. The summed E-state index contributed by atoms with van der Waals surface area (Å²) in [5, 5.41) is 9.74. The number of rotatable bonds is 6. The van der Waals surface area contributed by atoms with E-state index in [2.05, 4.69) is 15.8 Å². The smallest absolute Gasteiger partial charge is 0.247 e. The van der Waals surface area contributed by atoms with Gasteiger partial charge in [0.1, 0.15) is 17.6 Å². The van der Waals surface area contributed by atoms with Gasteiger partial charge in [0.05, 0.1) is 12.8 Å². The number of nitrogens with zero attached hydrogens (tertiary/aromatic N) is 1. The van der Waals surface area contributed by atoms with Gasteiger partial charge in [-0.05, 0) is 24.6 Å². The van der Waals surface area contributed by atoms with Crippen LogP contribution in [0.3, 0.4) is 0 Å². The standard InChI is InChI=1S/C17H17N3O3/c1-12-10-15(20-23-12)19-17(21)16(13-6-3-2-4-7-13)18-11-14-8-5-9-22-14/h2-10,16,18H,11H2,1H3,(H,19,20,21). The molecule has 0 spiro atoms. The van der Waals surface area contributed by atoms with E-state index in [0.29, 0.717) is 18.1 Å². The van der Waals surface area contributed by atoms with Gasteiger partial charge >= 0.3 is 0 Å². The molecule has 118 valence electrons. The summed E-state index contributed by atoms with van der Waals surface area (Å²) in [6.45, 7) is 2.21. The summed E-state index contributed by atoms with van der Waals surface area (Å²) in [4.78, 5) is 12.6. The van der Waals surface area contributed by atoms with Gasteiger partial charge < -0.3 is 14.3 Å². The Kier molecular flexibility index (Phi) is 4.54. The van der Waals surface area contributed by atoms with Crippen LogP contribution < -0.4 is 10.6 Å². The second-order valence-electron chi connectivity index (χ2n) is 5.12. The van der Waals surface area contributed by atoms with Crippen molar-refractivity contribution in [1.29, 1.82) is 0 Å². The lowest BCUT2D eigenvalue weighted by molar-refractivity contribution is -0.118. The summed E-state index contributed by atoms with van der Waals surface area (Å²) >= 11 is 0. The maximum absolute atomic E-state index is 12.6. The number of carbonyl (C=O) groups excluding carboxylic acids is 1. The van der Waals surface area contributed by atoms with Crippen LogP contribution in [0.2, 0.25) is 0 Å². The summed E-state index contributed by atoms with van der Waals surface area (Å²) < 4.78 is 10.3. The number of anilines is 1. The van der Waals surface area contributed by atoms with Crippen LogP contribution in [0.1, 0.15) is 23.1 Å². The quantitative estimate of drug-likeness (QED) is 0.731. The number of hydrogen-bond donors (Lipinski definition) is 2. The molecule has 0 aliphatic heterocycles. The van der Waals surface area contributed by atoms with Gasteiger partial charge in [-0.2, -0.15) is 0 Å². The minimum absolute atomic E-state index is 0.212. The SMILES string of the molecule is Cc1cc(NC(=O)C(NCc2ccco2)c2ccccc2)no1. The third kappa shape index (κ3) is 3.87. The zero-order valence-corrected chi connectivity index (χ0v) is 12.7. The minimum atomic E-state index is -0.529. The molecule has 6 heteroatoms. The highest BCUT2D eigenvalue weighted by atomic mass is 16.5. The first-order valence-corrected chi connectivity index (χ1v) is 7.27. The van der Waals surface area contributed by atoms with Gasteiger partial charge in [0.15, 0.2) is 5.82 Å². The monoisotopic (exact) mass is 311 g/mol. The first-order chi connectivity index (χ1) is 11.2. The molecule has 1 atom stereocenters. The Morgan fingerprint density at radius 3 is 2.70 bits per heavy atom. The van der Waals surface area contributed by atoms with Gasteiger partial charge in [-0.3, -0.25) is 10.1 Å². The van der Waals surface area contributed by atoms with Crippen molar-refractivity contribution in [3.63, 3.8) is 0 Å². The van der Waals surface area contributed by atoms with Gasteiger partial charge in [0.25, 0.3) is 0 Å². The first-order valence-electron chi connectivity index (χ1n) is 7.27. The highest BCUT2D eigenvalue weighted by molar-refractivity contribution is 5.94. The molecule has 1 amide bonds. The Balaban J connectivity index is 1.75. The molecule has 6 nitrogen and oxygen atoms in total. The summed E-state index contributed by atoms with van der Waals surface area (Å²) in [5.41, 5.74) is 0.858. The van der Waals surface area contributed by atoms with E-state index in [1.54, 1.807) is 19.3 Å². The fraction of sp³-hybridized carbons (Fsp3) is 0.176. The molecule has 0 radical (unpaired) electrons. The minimum Gasteiger partial charge on any atom is -0.468 e. The third-order valence-electron chi connectivity index (χ3n) is 3.33. The van der Waals surface area contributed by atoms with Crippen molar-refractivity contribution in [1.82, 2.24) is 10.5 Å². The van der Waals surface area contributed by atoms with Gasteiger partial charge in [-0.1, -0.05) is 35.5 Å². The Morgan fingerprint density at radius 2 is 2.04 bits per heavy atom. The number of hydrogen-bond acceptors (Lipinski definition) is 5. The largest absolute Gasteiger partial charge is 0.468 e. The Bertz CT molecular complexity index is 751. The fourth-order valence-electron chi connectivity index (χ4n) is 2.25. The molecular weight excluding hydrogens is 294 g/mol. The van der Waals surface area contributed by atoms with Crippen molar-refractivity contribution in [2.24, 2.45) is 0 Å². The second kappa shape index (κ2) is 6.93. The van der Waals surface area contributed by atoms with Crippen molar-refractivity contribution in [2.45, 2.75) is 19.5 Å². The maximum Gasteiger partial charge on any atom is 0.247 e. The molecule has 2 heterocycles. The van der Waals surface area contributed by atoms with Crippen LogP contribution in [0, 0.1) is 6.92 Å². The molecule has 3 aromatic rings. The van der Waals surface area contributed by atoms with Gasteiger partial charge in [0.2, 0.25) is 5.91 Å².